The summed E-state index contributed by atoms with van der Waals surface area (Å²) in [5, 5.41) is 0.340. The SMILES string of the molecule is CC(C)(C)[Si](C)(C)OCCC1=CCC2C3CC4C2C4C3C1. The Hall–Kier alpha value is -0.0831. The molecule has 1 nitrogen and oxygen atoms in total. The summed E-state index contributed by atoms with van der Waals surface area (Å²) < 4.78 is 6.39. The molecule has 4 saturated carbocycles. The fourth-order valence-corrected chi connectivity index (χ4v) is 6.71. The van der Waals surface area contributed by atoms with Gasteiger partial charge in [-0.2, -0.15) is 0 Å². The Labute approximate surface area is 131 Å². The van der Waals surface area contributed by atoms with Crippen molar-refractivity contribution < 1.29 is 4.43 Å². The molecule has 5 rings (SSSR count). The van der Waals surface area contributed by atoms with E-state index in [9.17, 15) is 0 Å². The molecule has 5 aliphatic carbocycles. The van der Waals surface area contributed by atoms with E-state index in [1.165, 1.54) is 31.1 Å². The first kappa shape index (κ1) is 14.5. The Bertz CT molecular complexity index is 472. The molecule has 0 N–H and O–H groups in total. The molecule has 21 heavy (non-hydrogen) atoms. The van der Waals surface area contributed by atoms with Crippen molar-refractivity contribution in [3.8, 4) is 0 Å². The average molecular weight is 305 g/mol. The summed E-state index contributed by atoms with van der Waals surface area (Å²) in [4.78, 5) is 0. The van der Waals surface area contributed by atoms with Gasteiger partial charge in [-0.1, -0.05) is 32.4 Å². The Morgan fingerprint density at radius 3 is 2.48 bits per heavy atom. The highest BCUT2D eigenvalue weighted by Gasteiger charge is 2.72. The van der Waals surface area contributed by atoms with Gasteiger partial charge in [0.25, 0.3) is 0 Å². The van der Waals surface area contributed by atoms with Gasteiger partial charge in [0.2, 0.25) is 0 Å². The van der Waals surface area contributed by atoms with E-state index in [0.717, 1.165) is 30.3 Å². The average Bonchev–Trinajstić information content (AvgIpc) is 2.66. The topological polar surface area (TPSA) is 9.23 Å². The second-order valence-electron chi connectivity index (χ2n) is 9.71. The van der Waals surface area contributed by atoms with E-state index in [2.05, 4.69) is 39.9 Å². The zero-order valence-electron chi connectivity index (χ0n) is 14.5. The van der Waals surface area contributed by atoms with E-state index in [1.54, 1.807) is 12.0 Å². The van der Waals surface area contributed by atoms with Crippen LogP contribution in [0.4, 0.5) is 0 Å². The molecule has 118 valence electrons. The minimum atomic E-state index is -1.56. The molecule has 0 aromatic heterocycles. The molecule has 4 fully saturated rings. The van der Waals surface area contributed by atoms with Crippen LogP contribution in [-0.2, 0) is 4.43 Å². The van der Waals surface area contributed by atoms with Gasteiger partial charge in [0.15, 0.2) is 8.32 Å². The molecule has 6 bridgehead atoms. The molecule has 6 unspecified atom stereocenters. The van der Waals surface area contributed by atoms with Gasteiger partial charge in [-0.15, -0.1) is 0 Å². The van der Waals surface area contributed by atoms with Crippen molar-refractivity contribution in [2.45, 2.75) is 64.6 Å². The molecular weight excluding hydrogens is 272 g/mol. The molecule has 0 heterocycles. The Kier molecular flexibility index (Phi) is 3.09. The van der Waals surface area contributed by atoms with E-state index in [0.29, 0.717) is 5.04 Å². The van der Waals surface area contributed by atoms with Crippen molar-refractivity contribution in [3.63, 3.8) is 0 Å². The monoisotopic (exact) mass is 304 g/mol. The Morgan fingerprint density at radius 2 is 1.81 bits per heavy atom. The molecule has 0 amide bonds. The highest BCUT2D eigenvalue weighted by atomic mass is 28.4. The predicted molar refractivity (Wildman–Crippen MR) is 90.6 cm³/mol. The van der Waals surface area contributed by atoms with E-state index < -0.39 is 8.32 Å². The van der Waals surface area contributed by atoms with Gasteiger partial charge >= 0.3 is 0 Å². The highest BCUT2D eigenvalue weighted by molar-refractivity contribution is 6.74. The standard InChI is InChI=1S/C19H32OSi/c1-19(2,3)21(4,5)20-9-8-12-6-7-13-14-11-16-17(13)18(16)15(14)10-12/h6,13-18H,7-11H2,1-5H3. The van der Waals surface area contributed by atoms with E-state index in [4.69, 9.17) is 4.43 Å². The highest BCUT2D eigenvalue weighted by Crippen LogP contribution is 2.78. The van der Waals surface area contributed by atoms with E-state index in [-0.39, 0.29) is 0 Å². The van der Waals surface area contributed by atoms with Crippen LogP contribution in [0.25, 0.3) is 0 Å². The Morgan fingerprint density at radius 1 is 1.10 bits per heavy atom. The lowest BCUT2D eigenvalue weighted by molar-refractivity contribution is 0.286. The maximum absolute atomic E-state index is 6.39. The largest absolute Gasteiger partial charge is 0.417 e. The third-order valence-corrected chi connectivity index (χ3v) is 12.3. The molecule has 5 aliphatic rings. The fourth-order valence-electron chi connectivity index (χ4n) is 5.67. The molecular formula is C19H32OSi. The fraction of sp³-hybridized carbons (Fsp3) is 0.895. The summed E-state index contributed by atoms with van der Waals surface area (Å²) in [7, 11) is -1.56. The van der Waals surface area contributed by atoms with Gasteiger partial charge < -0.3 is 4.43 Å². The summed E-state index contributed by atoms with van der Waals surface area (Å²) in [6.07, 6.45) is 8.22. The van der Waals surface area contributed by atoms with Gasteiger partial charge in [0, 0.05) is 6.61 Å². The summed E-state index contributed by atoms with van der Waals surface area (Å²) in [5.74, 6) is 6.77. The second kappa shape index (κ2) is 4.47. The minimum Gasteiger partial charge on any atom is -0.417 e. The first-order chi connectivity index (χ1) is 9.79. The van der Waals surface area contributed by atoms with Crippen LogP contribution in [0.2, 0.25) is 18.1 Å². The summed E-state index contributed by atoms with van der Waals surface area (Å²) in [5.41, 5.74) is 1.73. The molecule has 0 aliphatic heterocycles. The first-order valence-electron chi connectivity index (χ1n) is 9.11. The molecule has 0 aromatic carbocycles. The van der Waals surface area contributed by atoms with E-state index in [1.807, 2.05) is 0 Å². The van der Waals surface area contributed by atoms with Gasteiger partial charge in [-0.3, -0.25) is 0 Å². The summed E-state index contributed by atoms with van der Waals surface area (Å²) in [6, 6.07) is 0. The van der Waals surface area contributed by atoms with Crippen LogP contribution >= 0.6 is 0 Å². The van der Waals surface area contributed by atoms with Gasteiger partial charge in [0.05, 0.1) is 0 Å². The van der Waals surface area contributed by atoms with Crippen LogP contribution in [0.1, 0.15) is 46.5 Å². The lowest BCUT2D eigenvalue weighted by Gasteiger charge is -2.36. The lowest BCUT2D eigenvalue weighted by Crippen LogP contribution is -2.41. The molecule has 6 atom stereocenters. The van der Waals surface area contributed by atoms with E-state index >= 15 is 0 Å². The number of rotatable bonds is 4. The quantitative estimate of drug-likeness (QED) is 0.509. The van der Waals surface area contributed by atoms with Crippen molar-refractivity contribution in [1.29, 1.82) is 0 Å². The smallest absolute Gasteiger partial charge is 0.191 e. The van der Waals surface area contributed by atoms with Gasteiger partial charge in [0.1, 0.15) is 0 Å². The minimum absolute atomic E-state index is 0.340. The van der Waals surface area contributed by atoms with Gasteiger partial charge in [-0.05, 0) is 79.3 Å². The normalized spacial score (nSPS) is 43.8. The summed E-state index contributed by atoms with van der Waals surface area (Å²) >= 11 is 0. The zero-order chi connectivity index (χ0) is 15.0. The summed E-state index contributed by atoms with van der Waals surface area (Å²) in [6.45, 7) is 12.7. The second-order valence-corrected chi connectivity index (χ2v) is 14.5. The third kappa shape index (κ3) is 2.12. The maximum atomic E-state index is 6.39. The molecule has 0 saturated heterocycles. The number of hydrogen-bond acceptors (Lipinski definition) is 1. The zero-order valence-corrected chi connectivity index (χ0v) is 15.5. The predicted octanol–water partition coefficient (Wildman–Crippen LogP) is 5.25. The van der Waals surface area contributed by atoms with Crippen molar-refractivity contribution in [1.82, 2.24) is 0 Å². The van der Waals surface area contributed by atoms with Crippen LogP contribution in [0.15, 0.2) is 11.6 Å². The first-order valence-corrected chi connectivity index (χ1v) is 12.0. The van der Waals surface area contributed by atoms with Crippen molar-refractivity contribution in [2.24, 2.45) is 35.5 Å². The van der Waals surface area contributed by atoms with Crippen molar-refractivity contribution in [2.75, 3.05) is 6.61 Å². The molecule has 0 spiro atoms. The van der Waals surface area contributed by atoms with Crippen LogP contribution in [-0.4, -0.2) is 14.9 Å². The van der Waals surface area contributed by atoms with Crippen molar-refractivity contribution >= 4 is 8.32 Å². The van der Waals surface area contributed by atoms with Gasteiger partial charge in [-0.25, -0.2) is 0 Å². The maximum Gasteiger partial charge on any atom is 0.191 e. The molecule has 0 radical (unpaired) electrons. The molecule has 0 aromatic rings. The van der Waals surface area contributed by atoms with Crippen LogP contribution in [0, 0.1) is 35.5 Å². The van der Waals surface area contributed by atoms with Crippen LogP contribution in [0.5, 0.6) is 0 Å². The van der Waals surface area contributed by atoms with Crippen LogP contribution < -0.4 is 0 Å². The number of allylic oxidation sites excluding steroid dienone is 1. The van der Waals surface area contributed by atoms with Crippen molar-refractivity contribution in [3.05, 3.63) is 11.6 Å². The Balaban J connectivity index is 1.33. The number of hydrogen-bond donors (Lipinski definition) is 0. The lowest BCUT2D eigenvalue weighted by atomic mass is 9.89. The van der Waals surface area contributed by atoms with Crippen LogP contribution in [0.3, 0.4) is 0 Å². The third-order valence-electron chi connectivity index (χ3n) is 7.79. The molecule has 2 heteroatoms.